The van der Waals surface area contributed by atoms with Gasteiger partial charge in [-0.05, 0) is 71.0 Å². The topological polar surface area (TPSA) is 93.5 Å². The highest BCUT2D eigenvalue weighted by Gasteiger charge is 2.34. The van der Waals surface area contributed by atoms with E-state index >= 15 is 0 Å². The van der Waals surface area contributed by atoms with E-state index in [1.807, 2.05) is 33.7 Å². The van der Waals surface area contributed by atoms with Gasteiger partial charge in [-0.2, -0.15) is 8.42 Å². The van der Waals surface area contributed by atoms with Crippen LogP contribution < -0.4 is 13.8 Å². The van der Waals surface area contributed by atoms with E-state index in [2.05, 4.69) is 57.2 Å². The minimum absolute atomic E-state index is 0.206. The number of rotatable bonds is 9. The van der Waals surface area contributed by atoms with Gasteiger partial charge in [-0.25, -0.2) is 14.0 Å². The summed E-state index contributed by atoms with van der Waals surface area (Å²) >= 11 is 13.1. The van der Waals surface area contributed by atoms with Crippen LogP contribution in [0.2, 0.25) is 10.0 Å². The molecule has 47 heavy (non-hydrogen) atoms. The van der Waals surface area contributed by atoms with Gasteiger partial charge in [0.15, 0.2) is 0 Å². The molecule has 8 nitrogen and oxygen atoms in total. The van der Waals surface area contributed by atoms with Gasteiger partial charge < -0.3 is 9.30 Å². The molecule has 0 atom stereocenters. The fourth-order valence-corrected chi connectivity index (χ4v) is 7.07. The number of anilines is 1. The van der Waals surface area contributed by atoms with Crippen molar-refractivity contribution in [2.24, 2.45) is 5.41 Å². The lowest BCUT2D eigenvalue weighted by atomic mass is 9.93. The molecule has 242 valence electrons. The van der Waals surface area contributed by atoms with Crippen molar-refractivity contribution < 1.29 is 17.9 Å². The fraction of sp³-hybridized carbons (Fsp3) is 0.222. The Morgan fingerprint density at radius 1 is 0.872 bits per heavy atom. The highest BCUT2D eigenvalue weighted by atomic mass is 35.5. The van der Waals surface area contributed by atoms with Crippen molar-refractivity contribution in [3.05, 3.63) is 119 Å². The first-order valence-electron chi connectivity index (χ1n) is 15.1. The van der Waals surface area contributed by atoms with Crippen molar-refractivity contribution in [3.8, 4) is 33.8 Å². The molecule has 0 radical (unpaired) electrons. The second-order valence-electron chi connectivity index (χ2n) is 12.6. The molecular weight excluding hydrogens is 655 g/mol. The summed E-state index contributed by atoms with van der Waals surface area (Å²) in [7, 11) is -3.97. The van der Waals surface area contributed by atoms with Gasteiger partial charge in [0.2, 0.25) is 0 Å². The number of benzene rings is 4. The zero-order valence-corrected chi connectivity index (χ0v) is 28.5. The molecule has 4 aromatic carbocycles. The minimum Gasteiger partial charge on any atom is -0.494 e. The number of halogens is 2. The Hall–Kier alpha value is -4.31. The predicted molar refractivity (Wildman–Crippen MR) is 188 cm³/mol. The summed E-state index contributed by atoms with van der Waals surface area (Å²) in [6.07, 6.45) is 3.26. The van der Waals surface area contributed by atoms with Crippen LogP contribution in [-0.2, 0) is 21.4 Å². The second kappa shape index (κ2) is 13.1. The highest BCUT2D eigenvalue weighted by Crippen LogP contribution is 2.36. The summed E-state index contributed by atoms with van der Waals surface area (Å²) in [5.41, 5.74) is 5.53. The van der Waals surface area contributed by atoms with Crippen LogP contribution in [-0.4, -0.2) is 37.0 Å². The monoisotopic (exact) mass is 688 g/mol. The molecule has 1 aliphatic heterocycles. The molecule has 11 heteroatoms. The summed E-state index contributed by atoms with van der Waals surface area (Å²) in [4.78, 5) is 16.9. The van der Waals surface area contributed by atoms with Crippen LogP contribution in [0.15, 0.2) is 97.2 Å². The average Bonchev–Trinajstić information content (AvgIpc) is 3.55. The number of carbonyl (C=O) groups excluding carboxylic acids is 1. The maximum atomic E-state index is 12.6. The molecule has 0 bridgehead atoms. The van der Waals surface area contributed by atoms with Crippen molar-refractivity contribution in [1.29, 1.82) is 0 Å². The van der Waals surface area contributed by atoms with Crippen LogP contribution in [0, 0.1) is 5.41 Å². The zero-order valence-electron chi connectivity index (χ0n) is 26.2. The van der Waals surface area contributed by atoms with E-state index in [-0.39, 0.29) is 12.0 Å². The van der Waals surface area contributed by atoms with Gasteiger partial charge in [0.05, 0.1) is 28.0 Å². The van der Waals surface area contributed by atoms with Crippen molar-refractivity contribution in [2.75, 3.05) is 17.5 Å². The lowest BCUT2D eigenvalue weighted by Gasteiger charge is -2.18. The lowest BCUT2D eigenvalue weighted by molar-refractivity contribution is -0.117. The number of amides is 1. The third-order valence-electron chi connectivity index (χ3n) is 7.82. The molecule has 1 amide bonds. The molecule has 1 fully saturated rings. The normalized spacial score (nSPS) is 14.3. The Kier molecular flexibility index (Phi) is 9.07. The van der Waals surface area contributed by atoms with Gasteiger partial charge in [-0.15, -0.1) is 0 Å². The maximum Gasteiger partial charge on any atom is 0.326 e. The molecule has 1 N–H and O–H groups in total. The van der Waals surface area contributed by atoms with E-state index in [0.29, 0.717) is 51.5 Å². The molecule has 1 aliphatic rings. The number of ether oxygens (including phenoxy) is 1. The molecule has 1 saturated heterocycles. The molecule has 0 spiro atoms. The van der Waals surface area contributed by atoms with E-state index < -0.39 is 16.1 Å². The summed E-state index contributed by atoms with van der Waals surface area (Å²) in [5.74, 6) is 0.943. The standard InChI is InChI=1S/C36H34Cl2N4O4S/c1-36(2,3)17-18-46-29-10-4-7-26(20-29)25-15-13-24(14-16-25)19-33-39-32(35-30(37)11-6-12-31(35)38)22-41(33)27-8-5-9-28(21-27)42-23-34(43)40-47(42,44)45/h4-16,20-22H,17-19,23H2,1-3H3,(H,40,43). The summed E-state index contributed by atoms with van der Waals surface area (Å²) in [6, 6.07) is 28.6. The van der Waals surface area contributed by atoms with Gasteiger partial charge in [-0.3, -0.25) is 4.79 Å². The number of aromatic nitrogens is 2. The van der Waals surface area contributed by atoms with Crippen LogP contribution in [0.4, 0.5) is 5.69 Å². The van der Waals surface area contributed by atoms with Crippen LogP contribution >= 0.6 is 23.2 Å². The van der Waals surface area contributed by atoms with E-state index in [4.69, 9.17) is 32.9 Å². The van der Waals surface area contributed by atoms with Crippen molar-refractivity contribution in [2.45, 2.75) is 33.6 Å². The van der Waals surface area contributed by atoms with Crippen molar-refractivity contribution in [3.63, 3.8) is 0 Å². The molecule has 5 aromatic rings. The van der Waals surface area contributed by atoms with E-state index in [9.17, 15) is 13.2 Å². The number of imidazole rings is 1. The predicted octanol–water partition coefficient (Wildman–Crippen LogP) is 8.10. The Labute approximate surface area is 285 Å². The molecule has 0 unspecified atom stereocenters. The number of nitrogens with one attached hydrogen (secondary N) is 1. The number of hydrogen-bond donors (Lipinski definition) is 1. The Morgan fingerprint density at radius 2 is 1.55 bits per heavy atom. The highest BCUT2D eigenvalue weighted by molar-refractivity contribution is 7.92. The third-order valence-corrected chi connectivity index (χ3v) is 9.85. The fourth-order valence-electron chi connectivity index (χ4n) is 5.34. The van der Waals surface area contributed by atoms with Gasteiger partial charge in [0.1, 0.15) is 18.1 Å². The van der Waals surface area contributed by atoms with Crippen LogP contribution in [0.1, 0.15) is 38.6 Å². The SMILES string of the molecule is CC(C)(C)CCOc1cccc(-c2ccc(Cc3nc(-c4c(Cl)cccc4Cl)cn3-c3cccc(N4CC(=O)NS4(=O)=O)c3)cc2)c1. The lowest BCUT2D eigenvalue weighted by Crippen LogP contribution is -2.29. The molecule has 2 heterocycles. The molecule has 6 rings (SSSR count). The number of nitrogens with zero attached hydrogens (tertiary/aromatic N) is 3. The van der Waals surface area contributed by atoms with Crippen LogP contribution in [0.5, 0.6) is 5.75 Å². The quantitative estimate of drug-likeness (QED) is 0.169. The first kappa shape index (κ1) is 32.6. The Morgan fingerprint density at radius 3 is 2.23 bits per heavy atom. The Balaban J connectivity index is 1.31. The van der Waals surface area contributed by atoms with Gasteiger partial charge in [0.25, 0.3) is 5.91 Å². The van der Waals surface area contributed by atoms with E-state index in [1.165, 1.54) is 0 Å². The molecule has 0 aliphatic carbocycles. The second-order valence-corrected chi connectivity index (χ2v) is 15.0. The first-order valence-corrected chi connectivity index (χ1v) is 17.3. The Bertz CT molecular complexity index is 2030. The molecule has 0 saturated carbocycles. The van der Waals surface area contributed by atoms with Crippen LogP contribution in [0.3, 0.4) is 0 Å². The summed E-state index contributed by atoms with van der Waals surface area (Å²) in [6.45, 7) is 6.97. The average molecular weight is 690 g/mol. The largest absolute Gasteiger partial charge is 0.494 e. The first-order chi connectivity index (χ1) is 22.4. The summed E-state index contributed by atoms with van der Waals surface area (Å²) in [5, 5.41) is 0.924. The number of hydrogen-bond acceptors (Lipinski definition) is 5. The van der Waals surface area contributed by atoms with Crippen molar-refractivity contribution in [1.82, 2.24) is 14.3 Å². The minimum atomic E-state index is -3.97. The summed E-state index contributed by atoms with van der Waals surface area (Å²) < 4.78 is 36.1. The van der Waals surface area contributed by atoms with Crippen molar-refractivity contribution >= 4 is 45.0 Å². The third kappa shape index (κ3) is 7.48. The molecule has 1 aromatic heterocycles. The smallest absolute Gasteiger partial charge is 0.326 e. The maximum absolute atomic E-state index is 12.6. The van der Waals surface area contributed by atoms with Crippen LogP contribution in [0.25, 0.3) is 28.1 Å². The van der Waals surface area contributed by atoms with Gasteiger partial charge >= 0.3 is 10.2 Å². The van der Waals surface area contributed by atoms with E-state index in [0.717, 1.165) is 33.2 Å². The number of carbonyl (C=O) groups is 1. The van der Waals surface area contributed by atoms with Gasteiger partial charge in [0, 0.05) is 23.9 Å². The van der Waals surface area contributed by atoms with E-state index in [1.54, 1.807) is 36.4 Å². The molecular formula is C36H34Cl2N4O4S. The van der Waals surface area contributed by atoms with Gasteiger partial charge in [-0.1, -0.05) is 92.5 Å². The zero-order chi connectivity index (χ0) is 33.3.